The van der Waals surface area contributed by atoms with Crippen molar-refractivity contribution in [3.8, 4) is 11.1 Å². The number of benzene rings is 1. The molecule has 0 aliphatic carbocycles. The lowest BCUT2D eigenvalue weighted by molar-refractivity contribution is -0.0591. The third kappa shape index (κ3) is 2.34. The molecule has 1 fully saturated rings. The van der Waals surface area contributed by atoms with Gasteiger partial charge in [0.05, 0.1) is 18.2 Å². The first-order valence-corrected chi connectivity index (χ1v) is 7.98. The molecule has 4 rings (SSSR count). The molecule has 1 aromatic carbocycles. The molecule has 2 aromatic heterocycles. The molecule has 6 heteroatoms. The van der Waals surface area contributed by atoms with E-state index >= 15 is 0 Å². The van der Waals surface area contributed by atoms with Crippen molar-refractivity contribution in [3.63, 3.8) is 0 Å². The second kappa shape index (κ2) is 5.56. The number of hydrogen-bond acceptors (Lipinski definition) is 3. The molecule has 24 heavy (non-hydrogen) atoms. The highest BCUT2D eigenvalue weighted by Crippen LogP contribution is 2.25. The van der Waals surface area contributed by atoms with E-state index in [1.54, 1.807) is 41.4 Å². The summed E-state index contributed by atoms with van der Waals surface area (Å²) in [6, 6.07) is 6.91. The van der Waals surface area contributed by atoms with Crippen molar-refractivity contribution in [3.05, 3.63) is 52.3 Å². The number of aryl methyl sites for hydroxylation is 2. The van der Waals surface area contributed by atoms with Gasteiger partial charge in [0.15, 0.2) is 5.65 Å². The largest absolute Gasteiger partial charge is 0.376 e. The van der Waals surface area contributed by atoms with Crippen molar-refractivity contribution in [1.29, 1.82) is 0 Å². The maximum atomic E-state index is 13.5. The summed E-state index contributed by atoms with van der Waals surface area (Å²) in [5, 5.41) is 0. The zero-order valence-electron chi connectivity index (χ0n) is 13.6. The van der Waals surface area contributed by atoms with Crippen LogP contribution in [0.4, 0.5) is 4.39 Å². The van der Waals surface area contributed by atoms with E-state index in [4.69, 9.17) is 4.74 Å². The summed E-state index contributed by atoms with van der Waals surface area (Å²) in [6.45, 7) is 3.02. The van der Waals surface area contributed by atoms with Gasteiger partial charge in [-0.1, -0.05) is 6.07 Å². The van der Waals surface area contributed by atoms with Crippen molar-refractivity contribution in [1.82, 2.24) is 14.1 Å². The standard InChI is InChI=1S/C18H18FN3O2/c1-11-7-12(3-4-15(11)19)13-8-16-17(20-9-13)21(2)18(23)22(16)10-14-5-6-24-14/h3-4,7-9,14H,5-6,10H2,1-2H3/t14-/m1/s1. The van der Waals surface area contributed by atoms with Gasteiger partial charge in [-0.3, -0.25) is 9.13 Å². The molecule has 1 aliphatic heterocycles. The monoisotopic (exact) mass is 327 g/mol. The summed E-state index contributed by atoms with van der Waals surface area (Å²) in [4.78, 5) is 16.9. The van der Waals surface area contributed by atoms with Crippen molar-refractivity contribution in [2.45, 2.75) is 26.0 Å². The number of hydrogen-bond donors (Lipinski definition) is 0. The molecule has 0 amide bonds. The van der Waals surface area contributed by atoms with E-state index in [2.05, 4.69) is 4.98 Å². The van der Waals surface area contributed by atoms with Crippen LogP contribution in [0.2, 0.25) is 0 Å². The highest BCUT2D eigenvalue weighted by molar-refractivity contribution is 5.79. The maximum absolute atomic E-state index is 13.5. The van der Waals surface area contributed by atoms with Gasteiger partial charge >= 0.3 is 5.69 Å². The Morgan fingerprint density at radius 3 is 2.79 bits per heavy atom. The molecule has 3 heterocycles. The van der Waals surface area contributed by atoms with Crippen LogP contribution in [-0.4, -0.2) is 26.8 Å². The number of imidazole rings is 1. The van der Waals surface area contributed by atoms with E-state index in [1.165, 1.54) is 6.07 Å². The van der Waals surface area contributed by atoms with Crippen LogP contribution >= 0.6 is 0 Å². The van der Waals surface area contributed by atoms with E-state index in [9.17, 15) is 9.18 Å². The lowest BCUT2D eigenvalue weighted by Crippen LogP contribution is -2.35. The van der Waals surface area contributed by atoms with Gasteiger partial charge in [0.2, 0.25) is 0 Å². The van der Waals surface area contributed by atoms with Crippen LogP contribution in [0.15, 0.2) is 35.3 Å². The van der Waals surface area contributed by atoms with Crippen LogP contribution in [-0.2, 0) is 18.3 Å². The zero-order chi connectivity index (χ0) is 16.8. The Morgan fingerprint density at radius 1 is 1.33 bits per heavy atom. The second-order valence-corrected chi connectivity index (χ2v) is 6.26. The maximum Gasteiger partial charge on any atom is 0.330 e. The highest BCUT2D eigenvalue weighted by atomic mass is 19.1. The minimum Gasteiger partial charge on any atom is -0.376 e. The van der Waals surface area contributed by atoms with Gasteiger partial charge in [0, 0.05) is 25.4 Å². The third-order valence-corrected chi connectivity index (χ3v) is 4.64. The second-order valence-electron chi connectivity index (χ2n) is 6.26. The summed E-state index contributed by atoms with van der Waals surface area (Å²) in [5.74, 6) is -0.230. The number of pyridine rings is 1. The van der Waals surface area contributed by atoms with Crippen LogP contribution in [0.5, 0.6) is 0 Å². The Labute approximate surface area is 138 Å². The topological polar surface area (TPSA) is 49.1 Å². The van der Waals surface area contributed by atoms with E-state index in [0.29, 0.717) is 17.8 Å². The molecular weight excluding hydrogens is 309 g/mol. The zero-order valence-corrected chi connectivity index (χ0v) is 13.6. The van der Waals surface area contributed by atoms with Crippen LogP contribution in [0.1, 0.15) is 12.0 Å². The molecular formula is C18H18FN3O2. The molecule has 1 saturated heterocycles. The smallest absolute Gasteiger partial charge is 0.330 e. The van der Waals surface area contributed by atoms with Crippen molar-refractivity contribution >= 4 is 11.2 Å². The molecule has 0 saturated carbocycles. The first kappa shape index (κ1) is 15.1. The Morgan fingerprint density at radius 2 is 2.12 bits per heavy atom. The SMILES string of the molecule is Cc1cc(-c2cnc3c(c2)n(C[C@H]2CCO2)c(=O)n3C)ccc1F. The average molecular weight is 327 g/mol. The van der Waals surface area contributed by atoms with Gasteiger partial charge in [-0.15, -0.1) is 0 Å². The molecule has 3 aromatic rings. The predicted octanol–water partition coefficient (Wildman–Crippen LogP) is 2.64. The highest BCUT2D eigenvalue weighted by Gasteiger charge is 2.22. The van der Waals surface area contributed by atoms with Crippen LogP contribution in [0.25, 0.3) is 22.3 Å². The quantitative estimate of drug-likeness (QED) is 0.743. The van der Waals surface area contributed by atoms with E-state index in [0.717, 1.165) is 29.7 Å². The molecule has 0 bridgehead atoms. The predicted molar refractivity (Wildman–Crippen MR) is 89.5 cm³/mol. The average Bonchev–Trinajstić information content (AvgIpc) is 2.77. The number of nitrogens with zero attached hydrogens (tertiary/aromatic N) is 3. The van der Waals surface area contributed by atoms with Gasteiger partial charge in [-0.2, -0.15) is 0 Å². The van der Waals surface area contributed by atoms with E-state index < -0.39 is 0 Å². The number of halogens is 1. The third-order valence-electron chi connectivity index (χ3n) is 4.64. The van der Waals surface area contributed by atoms with Crippen LogP contribution < -0.4 is 5.69 Å². The van der Waals surface area contributed by atoms with Crippen molar-refractivity contribution in [2.24, 2.45) is 7.05 Å². The Balaban J connectivity index is 1.85. The number of fused-ring (bicyclic) bond motifs is 1. The van der Waals surface area contributed by atoms with E-state index in [-0.39, 0.29) is 17.6 Å². The summed E-state index contributed by atoms with van der Waals surface area (Å²) < 4.78 is 22.2. The summed E-state index contributed by atoms with van der Waals surface area (Å²) in [5.41, 5.74) is 3.64. The Hall–Kier alpha value is -2.47. The number of ether oxygens (including phenoxy) is 1. The van der Waals surface area contributed by atoms with Crippen molar-refractivity contribution in [2.75, 3.05) is 6.61 Å². The minimum atomic E-state index is -0.230. The fraction of sp³-hybridized carbons (Fsp3) is 0.333. The lowest BCUT2D eigenvalue weighted by Gasteiger charge is -2.26. The first-order valence-electron chi connectivity index (χ1n) is 7.98. The normalized spacial score (nSPS) is 17.2. The van der Waals surface area contributed by atoms with E-state index in [1.807, 2.05) is 6.07 Å². The Kier molecular flexibility index (Phi) is 3.49. The first-order chi connectivity index (χ1) is 11.5. The molecule has 0 N–H and O–H groups in total. The summed E-state index contributed by atoms with van der Waals surface area (Å²) in [7, 11) is 1.72. The molecule has 0 radical (unpaired) electrons. The molecule has 1 atom stereocenters. The van der Waals surface area contributed by atoms with Gasteiger partial charge in [-0.05, 0) is 42.7 Å². The molecule has 5 nitrogen and oxygen atoms in total. The molecule has 0 unspecified atom stereocenters. The van der Waals surface area contributed by atoms with Crippen LogP contribution in [0, 0.1) is 12.7 Å². The van der Waals surface area contributed by atoms with Crippen LogP contribution in [0.3, 0.4) is 0 Å². The molecule has 0 spiro atoms. The van der Waals surface area contributed by atoms with Gasteiger partial charge in [0.1, 0.15) is 5.82 Å². The minimum absolute atomic E-state index is 0.0880. The summed E-state index contributed by atoms with van der Waals surface area (Å²) >= 11 is 0. The fourth-order valence-electron chi connectivity index (χ4n) is 3.07. The molecule has 1 aliphatic rings. The summed E-state index contributed by atoms with van der Waals surface area (Å²) in [6.07, 6.45) is 2.77. The lowest BCUT2D eigenvalue weighted by atomic mass is 10.0. The van der Waals surface area contributed by atoms with Crippen molar-refractivity contribution < 1.29 is 9.13 Å². The van der Waals surface area contributed by atoms with Gasteiger partial charge in [0.25, 0.3) is 0 Å². The Bertz CT molecular complexity index is 986. The fourth-order valence-corrected chi connectivity index (χ4v) is 3.07. The molecule has 124 valence electrons. The van der Waals surface area contributed by atoms with Gasteiger partial charge in [-0.25, -0.2) is 14.2 Å². The van der Waals surface area contributed by atoms with Gasteiger partial charge < -0.3 is 4.74 Å². The number of aromatic nitrogens is 3. The number of rotatable bonds is 3.